The highest BCUT2D eigenvalue weighted by Gasteiger charge is 2.23. The van der Waals surface area contributed by atoms with E-state index in [9.17, 15) is 4.79 Å². The van der Waals surface area contributed by atoms with Crippen LogP contribution < -0.4 is 11.1 Å². The summed E-state index contributed by atoms with van der Waals surface area (Å²) in [4.78, 5) is 15.7. The second kappa shape index (κ2) is 7.01. The number of carbonyl (C=O) groups excluding carboxylic acids is 1. The van der Waals surface area contributed by atoms with Gasteiger partial charge < -0.3 is 11.1 Å². The van der Waals surface area contributed by atoms with Crippen molar-refractivity contribution in [2.24, 2.45) is 0 Å². The number of hydrogen-bond acceptors (Lipinski definition) is 6. The highest BCUT2D eigenvalue weighted by atomic mass is 16.1. The van der Waals surface area contributed by atoms with Crippen molar-refractivity contribution in [3.63, 3.8) is 0 Å². The number of nitrogens with two attached hydrogens (primary N) is 1. The number of fused-ring (bicyclic) bond motifs is 1. The van der Waals surface area contributed by atoms with Gasteiger partial charge in [0.1, 0.15) is 11.3 Å². The fourth-order valence-corrected chi connectivity index (χ4v) is 3.83. The summed E-state index contributed by atoms with van der Waals surface area (Å²) in [5.41, 5.74) is 11.5. The van der Waals surface area contributed by atoms with E-state index in [-0.39, 0.29) is 11.8 Å². The number of H-pyrrole nitrogens is 1. The zero-order valence-corrected chi connectivity index (χ0v) is 15.7. The SMILES string of the molecule is Nc1cc(Cc2cnn(Cc3cccc(C4CNC(=O)C4)c3)c2)c2n[nH]nc2n1. The zero-order chi connectivity index (χ0) is 19.8. The van der Waals surface area contributed by atoms with E-state index < -0.39 is 0 Å². The largest absolute Gasteiger partial charge is 0.384 e. The van der Waals surface area contributed by atoms with Crippen LogP contribution in [0.5, 0.6) is 0 Å². The van der Waals surface area contributed by atoms with Gasteiger partial charge >= 0.3 is 0 Å². The summed E-state index contributed by atoms with van der Waals surface area (Å²) >= 11 is 0. The van der Waals surface area contributed by atoms with E-state index in [1.807, 2.05) is 29.2 Å². The van der Waals surface area contributed by atoms with Crippen molar-refractivity contribution in [3.05, 3.63) is 65.0 Å². The first-order chi connectivity index (χ1) is 14.1. The number of aromatic nitrogens is 6. The molecule has 29 heavy (non-hydrogen) atoms. The molecule has 0 saturated carbocycles. The smallest absolute Gasteiger partial charge is 0.220 e. The number of nitrogens with one attached hydrogen (secondary N) is 2. The molecular weight excluding hydrogens is 368 g/mol. The Morgan fingerprint density at radius 1 is 1.21 bits per heavy atom. The van der Waals surface area contributed by atoms with Crippen LogP contribution in [-0.4, -0.2) is 42.6 Å². The molecule has 3 aromatic heterocycles. The summed E-state index contributed by atoms with van der Waals surface area (Å²) in [7, 11) is 0. The van der Waals surface area contributed by atoms with E-state index in [4.69, 9.17) is 5.73 Å². The Balaban J connectivity index is 1.33. The van der Waals surface area contributed by atoms with Gasteiger partial charge in [0, 0.05) is 31.5 Å². The normalized spacial score (nSPS) is 16.4. The molecule has 4 heterocycles. The molecule has 9 nitrogen and oxygen atoms in total. The maximum Gasteiger partial charge on any atom is 0.220 e. The van der Waals surface area contributed by atoms with Crippen LogP contribution >= 0.6 is 0 Å². The Kier molecular flexibility index (Phi) is 4.19. The summed E-state index contributed by atoms with van der Waals surface area (Å²) in [6.07, 6.45) is 5.08. The van der Waals surface area contributed by atoms with E-state index in [0.29, 0.717) is 37.4 Å². The minimum absolute atomic E-state index is 0.120. The molecule has 1 saturated heterocycles. The maximum atomic E-state index is 11.5. The van der Waals surface area contributed by atoms with Crippen LogP contribution in [0, 0.1) is 0 Å². The third kappa shape index (κ3) is 3.54. The minimum atomic E-state index is 0.120. The van der Waals surface area contributed by atoms with Gasteiger partial charge in [-0.3, -0.25) is 9.48 Å². The number of aromatic amines is 1. The molecule has 9 heteroatoms. The Morgan fingerprint density at radius 2 is 2.14 bits per heavy atom. The van der Waals surface area contributed by atoms with Gasteiger partial charge in [0.2, 0.25) is 11.6 Å². The number of carbonyl (C=O) groups is 1. The van der Waals surface area contributed by atoms with Gasteiger partial charge in [-0.25, -0.2) is 4.98 Å². The van der Waals surface area contributed by atoms with Gasteiger partial charge in [-0.2, -0.15) is 15.4 Å². The molecule has 0 bridgehead atoms. The quantitative estimate of drug-likeness (QED) is 0.474. The molecule has 1 amide bonds. The molecule has 0 radical (unpaired) electrons. The number of amides is 1. The predicted octanol–water partition coefficient (Wildman–Crippen LogP) is 1.37. The third-order valence-electron chi connectivity index (χ3n) is 5.22. The van der Waals surface area contributed by atoms with E-state index in [1.165, 1.54) is 5.56 Å². The minimum Gasteiger partial charge on any atom is -0.384 e. The van der Waals surface area contributed by atoms with E-state index in [1.54, 1.807) is 0 Å². The summed E-state index contributed by atoms with van der Waals surface area (Å²) < 4.78 is 1.91. The summed E-state index contributed by atoms with van der Waals surface area (Å²) in [6, 6.07) is 10.2. The number of anilines is 1. The maximum absolute atomic E-state index is 11.5. The summed E-state index contributed by atoms with van der Waals surface area (Å²) in [5.74, 6) is 0.790. The van der Waals surface area contributed by atoms with Gasteiger partial charge in [-0.1, -0.05) is 24.3 Å². The Labute approximate surface area is 166 Å². The number of nitrogens with zero attached hydrogens (tertiary/aromatic N) is 5. The van der Waals surface area contributed by atoms with Crippen molar-refractivity contribution in [1.82, 2.24) is 35.5 Å². The lowest BCUT2D eigenvalue weighted by molar-refractivity contribution is -0.119. The first-order valence-corrected chi connectivity index (χ1v) is 9.47. The van der Waals surface area contributed by atoms with Crippen molar-refractivity contribution in [3.8, 4) is 0 Å². The molecule has 1 aliphatic rings. The first kappa shape index (κ1) is 17.4. The lowest BCUT2D eigenvalue weighted by atomic mass is 9.96. The molecule has 1 aromatic carbocycles. The number of nitrogen functional groups attached to an aromatic ring is 1. The molecule has 1 atom stereocenters. The van der Waals surface area contributed by atoms with Gasteiger partial charge in [-0.15, -0.1) is 5.10 Å². The summed E-state index contributed by atoms with van der Waals surface area (Å²) in [6.45, 7) is 1.37. The second-order valence-electron chi connectivity index (χ2n) is 7.38. The van der Waals surface area contributed by atoms with E-state index in [2.05, 4.69) is 49.0 Å². The highest BCUT2D eigenvalue weighted by molar-refractivity contribution is 5.79. The standard InChI is InChI=1S/C20H20N8O/c21-17-6-15(19-20(24-17)26-27-25-19)5-13-8-23-28(11-13)10-12-2-1-3-14(4-12)16-7-18(29)22-9-16/h1-4,6,8,11,16H,5,7,9-10H2,(H,22,29)(H3,21,24,25,26,27). The molecule has 1 fully saturated rings. The molecule has 1 aliphatic heterocycles. The van der Waals surface area contributed by atoms with E-state index in [0.717, 1.165) is 22.2 Å². The van der Waals surface area contributed by atoms with Gasteiger partial charge in [0.05, 0.1) is 12.7 Å². The van der Waals surface area contributed by atoms with Gasteiger partial charge in [0.15, 0.2) is 0 Å². The van der Waals surface area contributed by atoms with Gasteiger partial charge in [0.25, 0.3) is 0 Å². The topological polar surface area (TPSA) is 127 Å². The second-order valence-corrected chi connectivity index (χ2v) is 7.38. The third-order valence-corrected chi connectivity index (χ3v) is 5.22. The fourth-order valence-electron chi connectivity index (χ4n) is 3.83. The molecule has 4 N–H and O–H groups in total. The van der Waals surface area contributed by atoms with Crippen LogP contribution in [0.4, 0.5) is 5.82 Å². The molecule has 5 rings (SSSR count). The number of rotatable bonds is 5. The van der Waals surface area contributed by atoms with Crippen LogP contribution in [0.3, 0.4) is 0 Å². The average molecular weight is 388 g/mol. The van der Waals surface area contributed by atoms with Crippen LogP contribution in [0.15, 0.2) is 42.7 Å². The van der Waals surface area contributed by atoms with Crippen molar-refractivity contribution in [2.45, 2.75) is 25.3 Å². The number of pyridine rings is 1. The predicted molar refractivity (Wildman–Crippen MR) is 107 cm³/mol. The molecule has 1 unspecified atom stereocenters. The molecule has 146 valence electrons. The number of benzene rings is 1. The van der Waals surface area contributed by atoms with Crippen LogP contribution in [-0.2, 0) is 17.8 Å². The average Bonchev–Trinajstić information content (AvgIpc) is 3.43. The monoisotopic (exact) mass is 388 g/mol. The molecular formula is C20H20N8O. The van der Waals surface area contributed by atoms with E-state index >= 15 is 0 Å². The lowest BCUT2D eigenvalue weighted by Gasteiger charge is -2.10. The summed E-state index contributed by atoms with van der Waals surface area (Å²) in [5, 5.41) is 18.2. The first-order valence-electron chi connectivity index (χ1n) is 9.47. The van der Waals surface area contributed by atoms with Crippen molar-refractivity contribution >= 4 is 22.9 Å². The Hall–Kier alpha value is -3.75. The highest BCUT2D eigenvalue weighted by Crippen LogP contribution is 2.24. The Bertz CT molecular complexity index is 1190. The number of hydrogen-bond donors (Lipinski definition) is 3. The van der Waals surface area contributed by atoms with Crippen molar-refractivity contribution in [2.75, 3.05) is 12.3 Å². The molecule has 4 aromatic rings. The zero-order valence-electron chi connectivity index (χ0n) is 15.7. The van der Waals surface area contributed by atoms with Crippen LogP contribution in [0.1, 0.15) is 34.6 Å². The molecule has 0 spiro atoms. The lowest BCUT2D eigenvalue weighted by Crippen LogP contribution is -2.13. The van der Waals surface area contributed by atoms with Crippen LogP contribution in [0.25, 0.3) is 11.2 Å². The van der Waals surface area contributed by atoms with Gasteiger partial charge in [-0.05, 0) is 28.3 Å². The van der Waals surface area contributed by atoms with Crippen molar-refractivity contribution < 1.29 is 4.79 Å². The van der Waals surface area contributed by atoms with Crippen LogP contribution in [0.2, 0.25) is 0 Å². The Morgan fingerprint density at radius 3 is 3.00 bits per heavy atom. The fraction of sp³-hybridized carbons (Fsp3) is 0.250. The van der Waals surface area contributed by atoms with Crippen molar-refractivity contribution in [1.29, 1.82) is 0 Å². The molecule has 0 aliphatic carbocycles.